The predicted octanol–water partition coefficient (Wildman–Crippen LogP) is 3.44. The van der Waals surface area contributed by atoms with Gasteiger partial charge in [-0.2, -0.15) is 0 Å². The molecule has 1 aromatic heterocycles. The summed E-state index contributed by atoms with van der Waals surface area (Å²) in [6.07, 6.45) is 1.69. The van der Waals surface area contributed by atoms with Crippen molar-refractivity contribution in [1.29, 1.82) is 0 Å². The van der Waals surface area contributed by atoms with Gasteiger partial charge in [-0.3, -0.25) is 4.79 Å². The third-order valence-electron chi connectivity index (χ3n) is 3.25. The number of anilines is 1. The van der Waals surface area contributed by atoms with Crippen LogP contribution in [0.5, 0.6) is 5.75 Å². The molecule has 3 aromatic rings. The van der Waals surface area contributed by atoms with E-state index in [9.17, 15) is 9.90 Å². The van der Waals surface area contributed by atoms with E-state index in [4.69, 9.17) is 0 Å². The topological polar surface area (TPSA) is 62.2 Å². The monoisotopic (exact) mass is 314 g/mol. The van der Waals surface area contributed by atoms with Crippen LogP contribution in [0, 0.1) is 11.8 Å². The highest BCUT2D eigenvalue weighted by Gasteiger charge is 2.06. The third-order valence-corrected chi connectivity index (χ3v) is 3.25. The van der Waals surface area contributed by atoms with Gasteiger partial charge in [-0.15, -0.1) is 0 Å². The summed E-state index contributed by atoms with van der Waals surface area (Å²) < 4.78 is 0. The number of aromatic nitrogens is 1. The van der Waals surface area contributed by atoms with Gasteiger partial charge >= 0.3 is 0 Å². The second-order valence-corrected chi connectivity index (χ2v) is 5.05. The number of phenols is 1. The molecule has 1 heterocycles. The first-order valence-electron chi connectivity index (χ1n) is 7.34. The number of aromatic hydroxyl groups is 1. The van der Waals surface area contributed by atoms with Crippen molar-refractivity contribution >= 4 is 11.6 Å². The van der Waals surface area contributed by atoms with E-state index in [1.165, 1.54) is 12.1 Å². The van der Waals surface area contributed by atoms with Gasteiger partial charge in [-0.25, -0.2) is 4.98 Å². The molecule has 0 fully saturated rings. The molecule has 0 spiro atoms. The Morgan fingerprint density at radius 1 is 0.958 bits per heavy atom. The van der Waals surface area contributed by atoms with E-state index in [1.54, 1.807) is 36.5 Å². The highest BCUT2D eigenvalue weighted by atomic mass is 16.3. The first-order chi connectivity index (χ1) is 11.7. The zero-order chi connectivity index (χ0) is 16.8. The first kappa shape index (κ1) is 15.3. The molecule has 0 radical (unpaired) electrons. The van der Waals surface area contributed by atoms with Crippen LogP contribution >= 0.6 is 0 Å². The summed E-state index contributed by atoms with van der Waals surface area (Å²) in [6, 6.07) is 18.9. The predicted molar refractivity (Wildman–Crippen MR) is 92.7 cm³/mol. The molecule has 0 saturated heterocycles. The molecule has 3 rings (SSSR count). The van der Waals surface area contributed by atoms with Crippen LogP contribution < -0.4 is 5.32 Å². The van der Waals surface area contributed by atoms with Crippen LogP contribution in [-0.2, 0) is 0 Å². The van der Waals surface area contributed by atoms with Crippen molar-refractivity contribution in [2.45, 2.75) is 0 Å². The molecule has 0 aliphatic heterocycles. The van der Waals surface area contributed by atoms with Gasteiger partial charge in [-0.1, -0.05) is 18.1 Å². The van der Waals surface area contributed by atoms with Crippen LogP contribution in [0.15, 0.2) is 72.9 Å². The van der Waals surface area contributed by atoms with Gasteiger partial charge in [0.2, 0.25) is 0 Å². The average molecular weight is 314 g/mol. The lowest BCUT2D eigenvalue weighted by Gasteiger charge is -2.05. The summed E-state index contributed by atoms with van der Waals surface area (Å²) in [5.41, 5.74) is 2.54. The van der Waals surface area contributed by atoms with Gasteiger partial charge in [0.05, 0.1) is 0 Å². The lowest BCUT2D eigenvalue weighted by atomic mass is 10.1. The van der Waals surface area contributed by atoms with E-state index in [0.29, 0.717) is 16.9 Å². The van der Waals surface area contributed by atoms with Gasteiger partial charge in [0.15, 0.2) is 0 Å². The summed E-state index contributed by atoms with van der Waals surface area (Å²) in [5.74, 6) is 5.88. The Balaban J connectivity index is 1.76. The Labute approximate surface area is 139 Å². The quantitative estimate of drug-likeness (QED) is 0.562. The molecule has 4 nitrogen and oxygen atoms in total. The maximum atomic E-state index is 12.3. The summed E-state index contributed by atoms with van der Waals surface area (Å²) >= 11 is 0. The van der Waals surface area contributed by atoms with Crippen molar-refractivity contribution in [3.8, 4) is 17.6 Å². The second kappa shape index (κ2) is 7.12. The van der Waals surface area contributed by atoms with Gasteiger partial charge in [0.1, 0.15) is 11.4 Å². The fraction of sp³-hybridized carbons (Fsp3) is 0. The number of hydrogen-bond acceptors (Lipinski definition) is 3. The van der Waals surface area contributed by atoms with Crippen molar-refractivity contribution in [3.63, 3.8) is 0 Å². The number of carbonyl (C=O) groups excluding carboxylic acids is 1. The number of nitrogens with one attached hydrogen (secondary N) is 1. The minimum absolute atomic E-state index is 0.153. The minimum atomic E-state index is -0.234. The molecule has 0 aliphatic carbocycles. The number of pyridine rings is 1. The first-order valence-corrected chi connectivity index (χ1v) is 7.34. The molecule has 116 valence electrons. The largest absolute Gasteiger partial charge is 0.508 e. The van der Waals surface area contributed by atoms with Crippen molar-refractivity contribution < 1.29 is 9.90 Å². The second-order valence-electron chi connectivity index (χ2n) is 5.05. The normalized spacial score (nSPS) is 9.67. The number of phenolic OH excluding ortho intramolecular Hbond substituents is 1. The number of amides is 1. The fourth-order valence-corrected chi connectivity index (χ4v) is 2.06. The summed E-state index contributed by atoms with van der Waals surface area (Å²) in [6.45, 7) is 0. The molecule has 0 saturated carbocycles. The van der Waals surface area contributed by atoms with Gasteiger partial charge in [0.25, 0.3) is 5.91 Å². The lowest BCUT2D eigenvalue weighted by Crippen LogP contribution is -2.11. The minimum Gasteiger partial charge on any atom is -0.508 e. The molecule has 0 unspecified atom stereocenters. The number of rotatable bonds is 2. The third kappa shape index (κ3) is 3.99. The van der Waals surface area contributed by atoms with Crippen LogP contribution in [0.25, 0.3) is 0 Å². The van der Waals surface area contributed by atoms with Crippen LogP contribution in [0.2, 0.25) is 0 Å². The van der Waals surface area contributed by atoms with E-state index in [1.807, 2.05) is 24.3 Å². The van der Waals surface area contributed by atoms with Crippen LogP contribution in [0.3, 0.4) is 0 Å². The molecule has 0 atom stereocenters. The van der Waals surface area contributed by atoms with Crippen LogP contribution in [-0.4, -0.2) is 16.0 Å². The highest BCUT2D eigenvalue weighted by Crippen LogP contribution is 2.15. The fourth-order valence-electron chi connectivity index (χ4n) is 2.06. The Morgan fingerprint density at radius 2 is 1.79 bits per heavy atom. The van der Waals surface area contributed by atoms with Crippen molar-refractivity contribution in [3.05, 3.63) is 89.7 Å². The van der Waals surface area contributed by atoms with Crippen molar-refractivity contribution in [2.24, 2.45) is 0 Å². The smallest absolute Gasteiger partial charge is 0.255 e. The number of benzene rings is 2. The number of carbonyl (C=O) groups is 1. The zero-order valence-corrected chi connectivity index (χ0v) is 12.7. The zero-order valence-electron chi connectivity index (χ0n) is 12.7. The summed E-state index contributed by atoms with van der Waals surface area (Å²) in [4.78, 5) is 16.4. The molecule has 4 heteroatoms. The summed E-state index contributed by atoms with van der Waals surface area (Å²) in [5, 5.41) is 12.0. The molecule has 2 N–H and O–H groups in total. The van der Waals surface area contributed by atoms with E-state index < -0.39 is 0 Å². The van der Waals surface area contributed by atoms with E-state index in [-0.39, 0.29) is 11.7 Å². The maximum absolute atomic E-state index is 12.3. The van der Waals surface area contributed by atoms with E-state index >= 15 is 0 Å². The Hall–Kier alpha value is -3.58. The highest BCUT2D eigenvalue weighted by molar-refractivity contribution is 6.04. The Kier molecular flexibility index (Phi) is 4.55. The van der Waals surface area contributed by atoms with E-state index in [2.05, 4.69) is 22.1 Å². The molecule has 2 aromatic carbocycles. The Morgan fingerprint density at radius 3 is 2.54 bits per heavy atom. The molecular formula is C20H14N2O2. The molecule has 1 amide bonds. The molecule has 24 heavy (non-hydrogen) atoms. The molecule has 0 bridgehead atoms. The van der Waals surface area contributed by atoms with E-state index in [0.717, 1.165) is 5.56 Å². The van der Waals surface area contributed by atoms with Gasteiger partial charge < -0.3 is 10.4 Å². The maximum Gasteiger partial charge on any atom is 0.255 e. The SMILES string of the molecule is O=C(Nc1ccc(O)cc1)c1cccc(C#Cc2ccccn2)c1. The summed E-state index contributed by atoms with van der Waals surface area (Å²) in [7, 11) is 0. The van der Waals surface area contributed by atoms with Crippen molar-refractivity contribution in [1.82, 2.24) is 4.98 Å². The van der Waals surface area contributed by atoms with Crippen LogP contribution in [0.1, 0.15) is 21.6 Å². The van der Waals surface area contributed by atoms with Crippen LogP contribution in [0.4, 0.5) is 5.69 Å². The number of nitrogens with zero attached hydrogens (tertiary/aromatic N) is 1. The lowest BCUT2D eigenvalue weighted by molar-refractivity contribution is 0.102. The van der Waals surface area contributed by atoms with Gasteiger partial charge in [-0.05, 0) is 60.5 Å². The Bertz CT molecular complexity index is 908. The molecule has 0 aliphatic rings. The average Bonchev–Trinajstić information content (AvgIpc) is 2.63. The van der Waals surface area contributed by atoms with Crippen molar-refractivity contribution in [2.75, 3.05) is 5.32 Å². The van der Waals surface area contributed by atoms with Gasteiger partial charge in [0, 0.05) is 23.0 Å². The molecular weight excluding hydrogens is 300 g/mol. The standard InChI is InChI=1S/C20H14N2O2/c23-19-11-9-18(10-12-19)22-20(24)16-5-3-4-15(14-16)7-8-17-6-1-2-13-21-17/h1-6,9-14,23H,(H,22,24). The number of hydrogen-bond donors (Lipinski definition) is 2.